The SMILES string of the molecule is CC(C)(C)C(CO)Cc1ccc(Br)s1. The van der Waals surface area contributed by atoms with E-state index in [2.05, 4.69) is 48.8 Å². The van der Waals surface area contributed by atoms with Gasteiger partial charge in [-0.3, -0.25) is 0 Å². The van der Waals surface area contributed by atoms with Crippen molar-refractivity contribution in [1.29, 1.82) is 0 Å². The van der Waals surface area contributed by atoms with Crippen LogP contribution in [0.15, 0.2) is 15.9 Å². The smallest absolute Gasteiger partial charge is 0.0701 e. The fourth-order valence-electron chi connectivity index (χ4n) is 1.35. The molecule has 0 spiro atoms. The zero-order valence-corrected chi connectivity index (χ0v) is 11.3. The van der Waals surface area contributed by atoms with Gasteiger partial charge in [0.05, 0.1) is 3.79 Å². The number of halogens is 1. The van der Waals surface area contributed by atoms with Crippen LogP contribution in [0.25, 0.3) is 0 Å². The van der Waals surface area contributed by atoms with E-state index in [-0.39, 0.29) is 12.0 Å². The Bertz CT molecular complexity index is 288. The highest BCUT2D eigenvalue weighted by Gasteiger charge is 2.24. The summed E-state index contributed by atoms with van der Waals surface area (Å²) in [5.41, 5.74) is 0.172. The highest BCUT2D eigenvalue weighted by Crippen LogP contribution is 2.31. The fourth-order valence-corrected chi connectivity index (χ4v) is 2.91. The third-order valence-electron chi connectivity index (χ3n) is 2.52. The molecule has 1 N–H and O–H groups in total. The molecule has 0 fully saturated rings. The number of hydrogen-bond donors (Lipinski definition) is 1. The van der Waals surface area contributed by atoms with Crippen LogP contribution in [0, 0.1) is 11.3 Å². The van der Waals surface area contributed by atoms with Crippen molar-refractivity contribution < 1.29 is 5.11 Å². The zero-order chi connectivity index (χ0) is 10.8. The van der Waals surface area contributed by atoms with Crippen LogP contribution in [0.5, 0.6) is 0 Å². The Morgan fingerprint density at radius 1 is 1.43 bits per heavy atom. The molecule has 0 radical (unpaired) electrons. The maximum absolute atomic E-state index is 9.32. The minimum Gasteiger partial charge on any atom is -0.396 e. The largest absolute Gasteiger partial charge is 0.396 e. The minimum absolute atomic E-state index is 0.172. The van der Waals surface area contributed by atoms with Gasteiger partial charge in [-0.1, -0.05) is 20.8 Å². The number of rotatable bonds is 3. The average Bonchev–Trinajstić information content (AvgIpc) is 2.45. The molecule has 1 atom stereocenters. The predicted molar refractivity (Wildman–Crippen MR) is 65.8 cm³/mol. The van der Waals surface area contributed by atoms with E-state index in [1.807, 2.05) is 0 Å². The molecule has 0 saturated carbocycles. The van der Waals surface area contributed by atoms with Crippen molar-refractivity contribution in [2.24, 2.45) is 11.3 Å². The second-order valence-electron chi connectivity index (χ2n) is 4.66. The van der Waals surface area contributed by atoms with Crippen LogP contribution < -0.4 is 0 Å². The molecule has 0 aliphatic carbocycles. The Morgan fingerprint density at radius 3 is 2.43 bits per heavy atom. The standard InChI is InChI=1S/C11H17BrOS/c1-11(2,3)8(7-13)6-9-4-5-10(12)14-9/h4-5,8,13H,6-7H2,1-3H3. The van der Waals surface area contributed by atoms with Gasteiger partial charge < -0.3 is 5.11 Å². The molecule has 0 saturated heterocycles. The molecule has 0 aromatic carbocycles. The molecule has 1 unspecified atom stereocenters. The normalized spacial score (nSPS) is 14.4. The summed E-state index contributed by atoms with van der Waals surface area (Å²) < 4.78 is 1.16. The lowest BCUT2D eigenvalue weighted by Crippen LogP contribution is -2.25. The van der Waals surface area contributed by atoms with Gasteiger partial charge in [-0.05, 0) is 45.8 Å². The Hall–Kier alpha value is 0.140. The van der Waals surface area contributed by atoms with Gasteiger partial charge in [0.1, 0.15) is 0 Å². The summed E-state index contributed by atoms with van der Waals surface area (Å²) in [6.45, 7) is 6.79. The Morgan fingerprint density at radius 2 is 2.07 bits per heavy atom. The monoisotopic (exact) mass is 276 g/mol. The number of hydrogen-bond acceptors (Lipinski definition) is 2. The third kappa shape index (κ3) is 3.37. The van der Waals surface area contributed by atoms with Gasteiger partial charge in [0.15, 0.2) is 0 Å². The van der Waals surface area contributed by atoms with Gasteiger partial charge in [-0.15, -0.1) is 11.3 Å². The van der Waals surface area contributed by atoms with E-state index in [9.17, 15) is 5.11 Å². The van der Waals surface area contributed by atoms with Crippen LogP contribution in [-0.4, -0.2) is 11.7 Å². The zero-order valence-electron chi connectivity index (χ0n) is 8.88. The molecule has 1 aromatic rings. The molecule has 1 aromatic heterocycles. The molecule has 0 aliphatic heterocycles. The second kappa shape index (κ2) is 4.77. The highest BCUT2D eigenvalue weighted by atomic mass is 79.9. The third-order valence-corrected chi connectivity index (χ3v) is 4.17. The number of aliphatic hydroxyl groups is 1. The van der Waals surface area contributed by atoms with Gasteiger partial charge in [-0.25, -0.2) is 0 Å². The molecule has 1 nitrogen and oxygen atoms in total. The van der Waals surface area contributed by atoms with E-state index >= 15 is 0 Å². The molecule has 3 heteroatoms. The van der Waals surface area contributed by atoms with E-state index in [0.29, 0.717) is 5.92 Å². The first-order valence-electron chi connectivity index (χ1n) is 4.78. The highest BCUT2D eigenvalue weighted by molar-refractivity contribution is 9.11. The van der Waals surface area contributed by atoms with Crippen molar-refractivity contribution in [3.05, 3.63) is 20.8 Å². The average molecular weight is 277 g/mol. The van der Waals surface area contributed by atoms with Crippen molar-refractivity contribution in [1.82, 2.24) is 0 Å². The first kappa shape index (κ1) is 12.2. The molecule has 0 amide bonds. The minimum atomic E-state index is 0.172. The Kier molecular flexibility index (Phi) is 4.16. The molecule has 0 bridgehead atoms. The second-order valence-corrected chi connectivity index (χ2v) is 7.20. The molecule has 80 valence electrons. The molecular formula is C11H17BrOS. The van der Waals surface area contributed by atoms with Crippen molar-refractivity contribution in [3.8, 4) is 0 Å². The van der Waals surface area contributed by atoms with Gasteiger partial charge in [-0.2, -0.15) is 0 Å². The van der Waals surface area contributed by atoms with Crippen molar-refractivity contribution in [3.63, 3.8) is 0 Å². The van der Waals surface area contributed by atoms with E-state index in [1.54, 1.807) is 11.3 Å². The predicted octanol–water partition coefficient (Wildman–Crippen LogP) is 3.71. The maximum Gasteiger partial charge on any atom is 0.0701 e. The van der Waals surface area contributed by atoms with Crippen LogP contribution in [0.2, 0.25) is 0 Å². The summed E-state index contributed by atoms with van der Waals surface area (Å²) in [7, 11) is 0. The first-order valence-corrected chi connectivity index (χ1v) is 6.39. The molecule has 1 rings (SSSR count). The maximum atomic E-state index is 9.32. The van der Waals surface area contributed by atoms with Gasteiger partial charge in [0.2, 0.25) is 0 Å². The van der Waals surface area contributed by atoms with Gasteiger partial charge in [0, 0.05) is 11.5 Å². The Labute approximate surface area is 98.3 Å². The summed E-state index contributed by atoms with van der Waals surface area (Å²) in [6, 6.07) is 4.19. The lowest BCUT2D eigenvalue weighted by atomic mass is 9.79. The lowest BCUT2D eigenvalue weighted by molar-refractivity contribution is 0.132. The first-order chi connectivity index (χ1) is 6.43. The molecule has 14 heavy (non-hydrogen) atoms. The quantitative estimate of drug-likeness (QED) is 0.893. The van der Waals surface area contributed by atoms with Crippen LogP contribution in [0.1, 0.15) is 25.6 Å². The van der Waals surface area contributed by atoms with Crippen LogP contribution in [0.4, 0.5) is 0 Å². The summed E-state index contributed by atoms with van der Waals surface area (Å²) in [4.78, 5) is 1.34. The van der Waals surface area contributed by atoms with Crippen LogP contribution in [-0.2, 0) is 6.42 Å². The molecule has 0 aliphatic rings. The number of aliphatic hydroxyl groups excluding tert-OH is 1. The van der Waals surface area contributed by atoms with E-state index in [1.165, 1.54) is 4.88 Å². The fraction of sp³-hybridized carbons (Fsp3) is 0.636. The number of thiophene rings is 1. The summed E-state index contributed by atoms with van der Waals surface area (Å²) in [5, 5.41) is 9.32. The van der Waals surface area contributed by atoms with E-state index in [4.69, 9.17) is 0 Å². The summed E-state index contributed by atoms with van der Waals surface area (Å²) in [5.74, 6) is 0.341. The van der Waals surface area contributed by atoms with Crippen molar-refractivity contribution >= 4 is 27.3 Å². The van der Waals surface area contributed by atoms with Crippen LogP contribution >= 0.6 is 27.3 Å². The topological polar surface area (TPSA) is 20.2 Å². The summed E-state index contributed by atoms with van der Waals surface area (Å²) in [6.07, 6.45) is 0.969. The van der Waals surface area contributed by atoms with Gasteiger partial charge >= 0.3 is 0 Å². The van der Waals surface area contributed by atoms with Crippen LogP contribution in [0.3, 0.4) is 0 Å². The van der Waals surface area contributed by atoms with Gasteiger partial charge in [0.25, 0.3) is 0 Å². The summed E-state index contributed by atoms with van der Waals surface area (Å²) >= 11 is 5.20. The Balaban J connectivity index is 2.66. The van der Waals surface area contributed by atoms with Crippen molar-refractivity contribution in [2.45, 2.75) is 27.2 Å². The van der Waals surface area contributed by atoms with Crippen molar-refractivity contribution in [2.75, 3.05) is 6.61 Å². The van der Waals surface area contributed by atoms with E-state index in [0.717, 1.165) is 10.2 Å². The lowest BCUT2D eigenvalue weighted by Gasteiger charge is -2.28. The molecular weight excluding hydrogens is 260 g/mol. The molecule has 1 heterocycles. The van der Waals surface area contributed by atoms with E-state index < -0.39 is 0 Å².